The molecule has 5 heterocycles. The highest BCUT2D eigenvalue weighted by Crippen LogP contribution is 2.41. The van der Waals surface area contributed by atoms with Crippen LogP contribution in [0.1, 0.15) is 25.7 Å². The van der Waals surface area contributed by atoms with Gasteiger partial charge < -0.3 is 24.2 Å². The fourth-order valence-corrected chi connectivity index (χ4v) is 6.74. The van der Waals surface area contributed by atoms with Crippen LogP contribution in [0.3, 0.4) is 0 Å². The molecule has 2 saturated heterocycles. The molecule has 2 aromatic heterocycles. The first-order valence-electron chi connectivity index (χ1n) is 14.0. The molecule has 188 valence electrons. The van der Waals surface area contributed by atoms with Crippen LogP contribution >= 0.6 is 0 Å². The molecule has 0 radical (unpaired) electrons. The zero-order chi connectivity index (χ0) is 24.1. The van der Waals surface area contributed by atoms with E-state index in [-0.39, 0.29) is 0 Å². The normalized spacial score (nSPS) is 19.7. The molecular formula is C30H38N6. The lowest BCUT2D eigenvalue weighted by Crippen LogP contribution is -2.45. The van der Waals surface area contributed by atoms with Gasteiger partial charge in [0, 0.05) is 75.4 Å². The number of piperazine rings is 1. The van der Waals surface area contributed by atoms with E-state index in [4.69, 9.17) is 4.98 Å². The number of nitrogens with zero attached hydrogens (tertiary/aromatic N) is 6. The summed E-state index contributed by atoms with van der Waals surface area (Å²) in [4.78, 5) is 15.7. The Morgan fingerprint density at radius 2 is 1.61 bits per heavy atom. The average molecular weight is 483 g/mol. The maximum Gasteiger partial charge on any atom is 0.0988 e. The molecule has 6 heteroatoms. The number of anilines is 2. The standard InChI is InChI=1S/C30H38N6/c1-32-18-20-33(21-19-32)12-6-15-35-16-7-17-36-27-9-3-2-8-25(27)28-30(36)29(35)24-11-10-23(22-26(24)31-28)34-13-4-5-14-34/h2-3,8-11,22H,4-7,12-21H2,1H3. The number of aromatic nitrogens is 2. The number of fused-ring (bicyclic) bond motifs is 5. The summed E-state index contributed by atoms with van der Waals surface area (Å²) in [5.74, 6) is 0. The van der Waals surface area contributed by atoms with Crippen LogP contribution in [0.15, 0.2) is 42.5 Å². The Labute approximate surface area is 214 Å². The smallest absolute Gasteiger partial charge is 0.0988 e. The van der Waals surface area contributed by atoms with Crippen LogP contribution in [0.2, 0.25) is 0 Å². The van der Waals surface area contributed by atoms with Crippen molar-refractivity contribution >= 4 is 44.2 Å². The Kier molecular flexibility index (Phi) is 5.74. The zero-order valence-corrected chi connectivity index (χ0v) is 21.6. The number of hydrogen-bond donors (Lipinski definition) is 0. The molecule has 2 fully saturated rings. The summed E-state index contributed by atoms with van der Waals surface area (Å²) in [6.45, 7) is 11.6. The molecule has 4 aromatic rings. The van der Waals surface area contributed by atoms with Crippen molar-refractivity contribution in [3.8, 4) is 0 Å². The summed E-state index contributed by atoms with van der Waals surface area (Å²) in [5.41, 5.74) is 7.74. The lowest BCUT2D eigenvalue weighted by atomic mass is 10.1. The molecule has 0 spiro atoms. The number of pyridine rings is 1. The van der Waals surface area contributed by atoms with Crippen LogP contribution in [0, 0.1) is 0 Å². The first-order chi connectivity index (χ1) is 17.8. The van der Waals surface area contributed by atoms with Gasteiger partial charge in [-0.05, 0) is 63.5 Å². The number of para-hydroxylation sites is 1. The molecule has 7 rings (SSSR count). The minimum Gasteiger partial charge on any atom is -0.371 e. The second kappa shape index (κ2) is 9.24. The first-order valence-corrected chi connectivity index (χ1v) is 14.0. The van der Waals surface area contributed by atoms with Crippen molar-refractivity contribution < 1.29 is 0 Å². The highest BCUT2D eigenvalue weighted by atomic mass is 15.2. The van der Waals surface area contributed by atoms with Crippen molar-refractivity contribution in [3.05, 3.63) is 42.5 Å². The molecule has 0 amide bonds. The number of rotatable bonds is 5. The van der Waals surface area contributed by atoms with Crippen molar-refractivity contribution in [2.45, 2.75) is 32.2 Å². The molecule has 0 aliphatic carbocycles. The van der Waals surface area contributed by atoms with E-state index in [1.54, 1.807) is 0 Å². The predicted molar refractivity (Wildman–Crippen MR) is 152 cm³/mol. The highest BCUT2D eigenvalue weighted by molar-refractivity contribution is 6.17. The van der Waals surface area contributed by atoms with Gasteiger partial charge in [-0.25, -0.2) is 4.98 Å². The summed E-state index contributed by atoms with van der Waals surface area (Å²) < 4.78 is 2.56. The number of likely N-dealkylation sites (N-methyl/N-ethyl adjacent to an activating group) is 1. The van der Waals surface area contributed by atoms with Gasteiger partial charge in [0.1, 0.15) is 0 Å². The summed E-state index contributed by atoms with van der Waals surface area (Å²) in [6.07, 6.45) is 4.97. The molecule has 0 atom stereocenters. The maximum absolute atomic E-state index is 5.35. The van der Waals surface area contributed by atoms with Gasteiger partial charge in [0.25, 0.3) is 0 Å². The second-order valence-electron chi connectivity index (χ2n) is 11.1. The number of hydrogen-bond acceptors (Lipinski definition) is 5. The Morgan fingerprint density at radius 3 is 2.47 bits per heavy atom. The fourth-order valence-electron chi connectivity index (χ4n) is 6.74. The zero-order valence-electron chi connectivity index (χ0n) is 21.6. The monoisotopic (exact) mass is 482 g/mol. The molecule has 0 bridgehead atoms. The Balaban J connectivity index is 1.31. The van der Waals surface area contributed by atoms with E-state index in [0.717, 1.165) is 25.2 Å². The molecule has 0 unspecified atom stereocenters. The van der Waals surface area contributed by atoms with E-state index in [0.29, 0.717) is 0 Å². The van der Waals surface area contributed by atoms with Crippen LogP contribution < -0.4 is 9.80 Å². The van der Waals surface area contributed by atoms with Gasteiger partial charge in [0.05, 0.1) is 27.8 Å². The van der Waals surface area contributed by atoms with Crippen molar-refractivity contribution in [1.29, 1.82) is 0 Å². The Hall–Kier alpha value is -2.83. The van der Waals surface area contributed by atoms with Gasteiger partial charge in [0.2, 0.25) is 0 Å². The van der Waals surface area contributed by atoms with Gasteiger partial charge in [-0.3, -0.25) is 0 Å². The summed E-state index contributed by atoms with van der Waals surface area (Å²) in [7, 11) is 2.24. The van der Waals surface area contributed by atoms with Crippen molar-refractivity contribution in [1.82, 2.24) is 19.4 Å². The maximum atomic E-state index is 5.35. The Morgan fingerprint density at radius 1 is 0.778 bits per heavy atom. The van der Waals surface area contributed by atoms with E-state index in [9.17, 15) is 0 Å². The van der Waals surface area contributed by atoms with E-state index >= 15 is 0 Å². The molecule has 3 aliphatic heterocycles. The second-order valence-corrected chi connectivity index (χ2v) is 11.1. The number of aryl methyl sites for hydroxylation is 1. The lowest BCUT2D eigenvalue weighted by molar-refractivity contribution is 0.153. The van der Waals surface area contributed by atoms with E-state index in [2.05, 4.69) is 73.7 Å². The van der Waals surface area contributed by atoms with E-state index < -0.39 is 0 Å². The third-order valence-electron chi connectivity index (χ3n) is 8.73. The number of benzene rings is 2. The van der Waals surface area contributed by atoms with Crippen LogP contribution in [0.5, 0.6) is 0 Å². The van der Waals surface area contributed by atoms with Crippen LogP contribution in [0.25, 0.3) is 32.8 Å². The van der Waals surface area contributed by atoms with Crippen molar-refractivity contribution in [2.75, 3.05) is 75.8 Å². The van der Waals surface area contributed by atoms with Crippen LogP contribution in [-0.2, 0) is 6.54 Å². The van der Waals surface area contributed by atoms with Gasteiger partial charge in [-0.1, -0.05) is 18.2 Å². The third-order valence-corrected chi connectivity index (χ3v) is 8.73. The minimum absolute atomic E-state index is 1.06. The SMILES string of the molecule is CN1CCN(CCCN2CCCn3c4ccccc4c4nc5cc(N6CCCC6)ccc5c2c43)CC1. The quantitative estimate of drug-likeness (QED) is 0.408. The first kappa shape index (κ1) is 22.4. The lowest BCUT2D eigenvalue weighted by Gasteiger charge is -2.33. The fraction of sp³-hybridized carbons (Fsp3) is 0.500. The van der Waals surface area contributed by atoms with Crippen LogP contribution in [0.4, 0.5) is 11.4 Å². The average Bonchev–Trinajstić information content (AvgIpc) is 3.50. The summed E-state index contributed by atoms with van der Waals surface area (Å²) >= 11 is 0. The van der Waals surface area contributed by atoms with Gasteiger partial charge in [-0.15, -0.1) is 0 Å². The highest BCUT2D eigenvalue weighted by Gasteiger charge is 2.25. The predicted octanol–water partition coefficient (Wildman–Crippen LogP) is 4.79. The molecule has 3 aliphatic rings. The van der Waals surface area contributed by atoms with Crippen molar-refractivity contribution in [2.24, 2.45) is 0 Å². The largest absolute Gasteiger partial charge is 0.371 e. The molecule has 6 nitrogen and oxygen atoms in total. The van der Waals surface area contributed by atoms with E-state index in [1.165, 1.54) is 110 Å². The third kappa shape index (κ3) is 3.82. The summed E-state index contributed by atoms with van der Waals surface area (Å²) in [6, 6.07) is 16.0. The Bertz CT molecular complexity index is 1390. The molecular weight excluding hydrogens is 444 g/mol. The summed E-state index contributed by atoms with van der Waals surface area (Å²) in [5, 5.41) is 2.61. The molecule has 2 aromatic carbocycles. The van der Waals surface area contributed by atoms with Gasteiger partial charge in [-0.2, -0.15) is 0 Å². The molecule has 0 N–H and O–H groups in total. The van der Waals surface area contributed by atoms with Crippen LogP contribution in [-0.4, -0.2) is 85.3 Å². The minimum atomic E-state index is 1.06. The topological polar surface area (TPSA) is 30.8 Å². The molecule has 36 heavy (non-hydrogen) atoms. The van der Waals surface area contributed by atoms with Gasteiger partial charge in [0.15, 0.2) is 0 Å². The molecule has 0 saturated carbocycles. The van der Waals surface area contributed by atoms with Crippen molar-refractivity contribution in [3.63, 3.8) is 0 Å². The van der Waals surface area contributed by atoms with Gasteiger partial charge >= 0.3 is 0 Å². The van der Waals surface area contributed by atoms with E-state index in [1.807, 2.05) is 0 Å².